The van der Waals surface area contributed by atoms with Crippen molar-refractivity contribution in [1.29, 1.82) is 0 Å². The van der Waals surface area contributed by atoms with Crippen molar-refractivity contribution in [3.05, 3.63) is 77.7 Å². The largest absolute Gasteiger partial charge is 0.462 e. The fraction of sp³-hybridized carbons (Fsp3) is 0.280. The van der Waals surface area contributed by atoms with Gasteiger partial charge in [0.25, 0.3) is 0 Å². The van der Waals surface area contributed by atoms with E-state index in [1.165, 1.54) is 17.4 Å². The van der Waals surface area contributed by atoms with Crippen LogP contribution >= 0.6 is 18.9 Å². The minimum Gasteiger partial charge on any atom is -0.462 e. The molecule has 0 amide bonds. The molecule has 0 radical (unpaired) electrons. The number of benzene rings is 2. The molecule has 7 nitrogen and oxygen atoms in total. The first-order valence-corrected chi connectivity index (χ1v) is 13.4. The molecule has 1 N–H and O–H groups in total. The van der Waals surface area contributed by atoms with Crippen LogP contribution in [0.4, 0.5) is 0 Å². The van der Waals surface area contributed by atoms with Gasteiger partial charge in [-0.05, 0) is 62.1 Å². The number of carbonyl (C=O) groups excluding carboxylic acids is 2. The summed E-state index contributed by atoms with van der Waals surface area (Å²) >= 11 is 1.32. The van der Waals surface area contributed by atoms with Gasteiger partial charge in [0.1, 0.15) is 23.3 Å². The fourth-order valence-corrected chi connectivity index (χ4v) is 6.16. The van der Waals surface area contributed by atoms with Gasteiger partial charge in [0.2, 0.25) is 0 Å². The average Bonchev–Trinajstić information content (AvgIpc) is 3.21. The molecule has 3 aromatic rings. The van der Waals surface area contributed by atoms with Crippen LogP contribution < -0.4 is 9.61 Å². The Labute approximate surface area is 203 Å². The minimum absolute atomic E-state index is 0.0310. The molecular formula is C25H28NO6PS. The number of hydrogen-bond donors (Lipinski definition) is 1. The van der Waals surface area contributed by atoms with Crippen molar-refractivity contribution in [2.45, 2.75) is 39.1 Å². The Morgan fingerprint density at radius 3 is 2.53 bits per heavy atom. The zero-order valence-electron chi connectivity index (χ0n) is 19.4. The summed E-state index contributed by atoms with van der Waals surface area (Å²) in [5.41, 5.74) is 0.729. The van der Waals surface area contributed by atoms with E-state index in [-0.39, 0.29) is 18.9 Å². The van der Waals surface area contributed by atoms with E-state index in [2.05, 4.69) is 11.7 Å². The number of hydrogen-bond acceptors (Lipinski definition) is 7. The van der Waals surface area contributed by atoms with Gasteiger partial charge in [0.05, 0.1) is 12.3 Å². The average molecular weight is 502 g/mol. The number of ether oxygens (including phenoxy) is 2. The maximum atomic E-state index is 13.9. The van der Waals surface area contributed by atoms with Gasteiger partial charge in [-0.2, -0.15) is 0 Å². The molecule has 0 fully saturated rings. The third-order valence-electron chi connectivity index (χ3n) is 4.60. The molecule has 0 saturated heterocycles. The fourth-order valence-electron chi connectivity index (χ4n) is 3.18. The Morgan fingerprint density at radius 2 is 1.85 bits per heavy atom. The van der Waals surface area contributed by atoms with E-state index in [0.29, 0.717) is 10.6 Å². The van der Waals surface area contributed by atoms with Gasteiger partial charge in [-0.25, -0.2) is 9.88 Å². The molecule has 0 saturated carbocycles. The number of esters is 2. The van der Waals surface area contributed by atoms with Crippen LogP contribution in [0.2, 0.25) is 0 Å². The predicted octanol–water partition coefficient (Wildman–Crippen LogP) is 5.95. The Balaban J connectivity index is 1.85. The van der Waals surface area contributed by atoms with Crippen LogP contribution in [0.1, 0.15) is 36.0 Å². The van der Waals surface area contributed by atoms with Gasteiger partial charge < -0.3 is 14.0 Å². The van der Waals surface area contributed by atoms with Gasteiger partial charge >= 0.3 is 19.5 Å². The lowest BCUT2D eigenvalue weighted by atomic mass is 10.2. The zero-order valence-corrected chi connectivity index (χ0v) is 21.1. The first kappa shape index (κ1) is 25.7. The monoisotopic (exact) mass is 501 g/mol. The van der Waals surface area contributed by atoms with Gasteiger partial charge in [-0.3, -0.25) is 9.36 Å². The summed E-state index contributed by atoms with van der Waals surface area (Å²) in [5, 5.41) is 3.69. The second-order valence-corrected chi connectivity index (χ2v) is 11.1. The van der Waals surface area contributed by atoms with Crippen molar-refractivity contribution in [3.8, 4) is 5.75 Å². The van der Waals surface area contributed by atoms with E-state index in [4.69, 9.17) is 14.0 Å². The van der Waals surface area contributed by atoms with Gasteiger partial charge in [0, 0.05) is 4.70 Å². The molecule has 2 atom stereocenters. The van der Waals surface area contributed by atoms with E-state index in [9.17, 15) is 14.2 Å². The third kappa shape index (κ3) is 7.03. The molecular weight excluding hydrogens is 473 g/mol. The number of para-hydroxylation sites is 1. The molecule has 0 aliphatic carbocycles. The number of fused-ring (bicyclic) bond motifs is 1. The minimum atomic E-state index is -3.57. The van der Waals surface area contributed by atoms with E-state index < -0.39 is 25.5 Å². The molecule has 1 aromatic heterocycles. The van der Waals surface area contributed by atoms with E-state index in [0.717, 1.165) is 15.6 Å². The predicted molar refractivity (Wildman–Crippen MR) is 135 cm³/mol. The van der Waals surface area contributed by atoms with Crippen molar-refractivity contribution < 1.29 is 28.2 Å². The molecule has 1 heterocycles. The maximum absolute atomic E-state index is 13.9. The van der Waals surface area contributed by atoms with Crippen LogP contribution in [0.3, 0.4) is 0 Å². The van der Waals surface area contributed by atoms with Crippen molar-refractivity contribution in [2.75, 3.05) is 6.61 Å². The Kier molecular flexibility index (Phi) is 8.67. The van der Waals surface area contributed by atoms with Crippen LogP contribution in [0.15, 0.2) is 67.3 Å². The first-order valence-electron chi connectivity index (χ1n) is 10.8. The molecule has 0 aliphatic heterocycles. The molecule has 0 aliphatic rings. The molecule has 180 valence electrons. The normalized spacial score (nSPS) is 13.8. The highest BCUT2D eigenvalue weighted by atomic mass is 32.1. The topological polar surface area (TPSA) is 90.9 Å². The highest BCUT2D eigenvalue weighted by molar-refractivity contribution is 7.56. The van der Waals surface area contributed by atoms with Crippen molar-refractivity contribution in [1.82, 2.24) is 5.09 Å². The number of nitrogens with one attached hydrogen (secondary N) is 1. The van der Waals surface area contributed by atoms with Gasteiger partial charge in [0.15, 0.2) is 0 Å². The molecule has 9 heteroatoms. The van der Waals surface area contributed by atoms with Crippen LogP contribution in [-0.4, -0.2) is 30.7 Å². The Bertz CT molecular complexity index is 1210. The summed E-state index contributed by atoms with van der Waals surface area (Å²) in [6.07, 6.45) is 1.25. The van der Waals surface area contributed by atoms with Crippen molar-refractivity contribution >= 4 is 40.9 Å². The third-order valence-corrected chi connectivity index (χ3v) is 7.76. The smallest absolute Gasteiger partial charge is 0.348 e. The summed E-state index contributed by atoms with van der Waals surface area (Å²) in [5.74, 6) is -0.505. The summed E-state index contributed by atoms with van der Waals surface area (Å²) in [6, 6.07) is 15.2. The lowest BCUT2D eigenvalue weighted by Gasteiger charge is -2.24. The highest BCUT2D eigenvalue weighted by Gasteiger charge is 2.31. The summed E-state index contributed by atoms with van der Waals surface area (Å²) in [6.45, 7) is 8.78. The number of carbonyl (C=O) groups is 2. The molecule has 1 unspecified atom stereocenters. The standard InChI is InChI=1S/C25H28NO6PS/c1-5-13-30-25(28)23-15-20-14-19(11-12-22(20)34-23)16-33(29,32-21-9-7-6-8-10-21)26-18(4)24(27)31-17(2)3/h5-12,14-15,17-18H,1,13,16H2,2-4H3,(H,26,29)/t18-,33?/m0/s1. The van der Waals surface area contributed by atoms with E-state index in [1.807, 2.05) is 24.3 Å². The second kappa shape index (κ2) is 11.5. The summed E-state index contributed by atoms with van der Waals surface area (Å²) in [4.78, 5) is 25.0. The SMILES string of the molecule is C=CCOC(=O)c1cc2cc(CP(=O)(N[C@@H](C)C(=O)OC(C)C)Oc3ccccc3)ccc2s1. The van der Waals surface area contributed by atoms with Crippen LogP contribution in [0, 0.1) is 0 Å². The highest BCUT2D eigenvalue weighted by Crippen LogP contribution is 2.47. The Hall–Kier alpha value is -2.93. The van der Waals surface area contributed by atoms with Crippen molar-refractivity contribution in [3.63, 3.8) is 0 Å². The molecule has 3 rings (SSSR count). The number of thiophene rings is 1. The first-order chi connectivity index (χ1) is 16.2. The molecule has 0 bridgehead atoms. The zero-order chi connectivity index (χ0) is 24.7. The lowest BCUT2D eigenvalue weighted by Crippen LogP contribution is -2.36. The van der Waals surface area contributed by atoms with Crippen LogP contribution in [0.5, 0.6) is 5.75 Å². The van der Waals surface area contributed by atoms with Crippen LogP contribution in [0.25, 0.3) is 10.1 Å². The lowest BCUT2D eigenvalue weighted by molar-refractivity contribution is -0.149. The van der Waals surface area contributed by atoms with Crippen LogP contribution in [-0.2, 0) is 25.0 Å². The Morgan fingerprint density at radius 1 is 1.12 bits per heavy atom. The second-order valence-electron chi connectivity index (χ2n) is 7.94. The molecule has 2 aromatic carbocycles. The van der Waals surface area contributed by atoms with Gasteiger partial charge in [-0.15, -0.1) is 11.3 Å². The van der Waals surface area contributed by atoms with Gasteiger partial charge in [-0.1, -0.05) is 36.9 Å². The molecule has 34 heavy (non-hydrogen) atoms. The maximum Gasteiger partial charge on any atom is 0.348 e. The van der Waals surface area contributed by atoms with Crippen molar-refractivity contribution in [2.24, 2.45) is 0 Å². The van der Waals surface area contributed by atoms with E-state index in [1.54, 1.807) is 51.1 Å². The summed E-state index contributed by atoms with van der Waals surface area (Å²) in [7, 11) is -3.57. The quantitative estimate of drug-likeness (QED) is 0.197. The molecule has 0 spiro atoms. The van der Waals surface area contributed by atoms with E-state index >= 15 is 0 Å². The number of rotatable bonds is 11. The summed E-state index contributed by atoms with van der Waals surface area (Å²) < 4.78 is 31.0.